The third kappa shape index (κ3) is 4.19. The average molecular weight is 318 g/mol. The number of halogens is 1. The number of rotatable bonds is 5. The van der Waals surface area contributed by atoms with E-state index >= 15 is 0 Å². The van der Waals surface area contributed by atoms with Crippen LogP contribution in [0.2, 0.25) is 0 Å². The molecule has 0 aliphatic heterocycles. The minimum absolute atomic E-state index is 0.402. The zero-order chi connectivity index (χ0) is 13.7. The van der Waals surface area contributed by atoms with Gasteiger partial charge in [-0.25, -0.2) is 0 Å². The van der Waals surface area contributed by atoms with Gasteiger partial charge in [0.05, 0.1) is 0 Å². The highest BCUT2D eigenvalue weighted by Gasteiger charge is 2.08. The summed E-state index contributed by atoms with van der Waals surface area (Å²) in [5.41, 5.74) is 3.98. The standard InChI is InChI=1S/C17H20BrN/c1-3-17(15-5-4-6-16(18)11-15)19-12-14-9-7-13(2)8-10-14/h4-11,17,19H,3,12H2,1-2H3. The lowest BCUT2D eigenvalue weighted by molar-refractivity contribution is 0.519. The van der Waals surface area contributed by atoms with Crippen LogP contribution in [-0.2, 0) is 6.54 Å². The topological polar surface area (TPSA) is 12.0 Å². The van der Waals surface area contributed by atoms with Crippen LogP contribution in [0.15, 0.2) is 53.0 Å². The lowest BCUT2D eigenvalue weighted by atomic mass is 10.0. The van der Waals surface area contributed by atoms with Crippen molar-refractivity contribution in [3.63, 3.8) is 0 Å². The molecule has 0 bridgehead atoms. The normalized spacial score (nSPS) is 12.4. The molecule has 0 saturated carbocycles. The van der Waals surface area contributed by atoms with Gasteiger partial charge in [0.15, 0.2) is 0 Å². The third-order valence-electron chi connectivity index (χ3n) is 3.33. The first-order valence-corrected chi connectivity index (χ1v) is 7.52. The molecule has 2 heteroatoms. The molecule has 0 amide bonds. The van der Waals surface area contributed by atoms with Gasteiger partial charge < -0.3 is 5.32 Å². The van der Waals surface area contributed by atoms with Crippen molar-refractivity contribution in [3.8, 4) is 0 Å². The van der Waals surface area contributed by atoms with Gasteiger partial charge in [0.1, 0.15) is 0 Å². The molecule has 1 nitrogen and oxygen atoms in total. The van der Waals surface area contributed by atoms with Gasteiger partial charge in [0, 0.05) is 17.1 Å². The number of nitrogens with one attached hydrogen (secondary N) is 1. The minimum Gasteiger partial charge on any atom is -0.306 e. The van der Waals surface area contributed by atoms with E-state index in [4.69, 9.17) is 0 Å². The Bertz CT molecular complexity index is 519. The molecule has 0 heterocycles. The zero-order valence-corrected chi connectivity index (χ0v) is 13.1. The van der Waals surface area contributed by atoms with Crippen molar-refractivity contribution in [3.05, 3.63) is 69.7 Å². The van der Waals surface area contributed by atoms with Crippen molar-refractivity contribution in [1.29, 1.82) is 0 Å². The molecule has 1 N–H and O–H groups in total. The van der Waals surface area contributed by atoms with Gasteiger partial charge in [-0.2, -0.15) is 0 Å². The van der Waals surface area contributed by atoms with E-state index < -0.39 is 0 Å². The fraction of sp³-hybridized carbons (Fsp3) is 0.294. The maximum atomic E-state index is 3.63. The highest BCUT2D eigenvalue weighted by molar-refractivity contribution is 9.10. The summed E-state index contributed by atoms with van der Waals surface area (Å²) >= 11 is 3.54. The summed E-state index contributed by atoms with van der Waals surface area (Å²) in [5, 5.41) is 3.63. The summed E-state index contributed by atoms with van der Waals surface area (Å²) in [6, 6.07) is 17.6. The highest BCUT2D eigenvalue weighted by atomic mass is 79.9. The first-order valence-electron chi connectivity index (χ1n) is 6.73. The van der Waals surface area contributed by atoms with Gasteiger partial charge in [-0.1, -0.05) is 64.8 Å². The van der Waals surface area contributed by atoms with Crippen LogP contribution in [0, 0.1) is 6.92 Å². The van der Waals surface area contributed by atoms with Crippen LogP contribution in [0.3, 0.4) is 0 Å². The van der Waals surface area contributed by atoms with E-state index in [-0.39, 0.29) is 0 Å². The van der Waals surface area contributed by atoms with E-state index in [1.807, 2.05) is 0 Å². The van der Waals surface area contributed by atoms with Crippen molar-refractivity contribution in [2.75, 3.05) is 0 Å². The Hall–Kier alpha value is -1.12. The number of hydrogen-bond donors (Lipinski definition) is 1. The summed E-state index contributed by atoms with van der Waals surface area (Å²) in [4.78, 5) is 0. The van der Waals surface area contributed by atoms with Gasteiger partial charge >= 0.3 is 0 Å². The van der Waals surface area contributed by atoms with E-state index in [1.54, 1.807) is 0 Å². The number of benzene rings is 2. The molecule has 0 aromatic heterocycles. The van der Waals surface area contributed by atoms with Gasteiger partial charge in [0.2, 0.25) is 0 Å². The largest absolute Gasteiger partial charge is 0.306 e. The molecule has 1 unspecified atom stereocenters. The Morgan fingerprint density at radius 1 is 1.11 bits per heavy atom. The van der Waals surface area contributed by atoms with Crippen LogP contribution in [0.5, 0.6) is 0 Å². The Kier molecular flexibility index (Phi) is 5.17. The fourth-order valence-electron chi connectivity index (χ4n) is 2.17. The predicted octanol–water partition coefficient (Wildman–Crippen LogP) is 5.00. The van der Waals surface area contributed by atoms with Gasteiger partial charge in [-0.3, -0.25) is 0 Å². The molecule has 1 atom stereocenters. The molecule has 2 aromatic rings. The van der Waals surface area contributed by atoms with Crippen LogP contribution in [0.1, 0.15) is 36.1 Å². The monoisotopic (exact) mass is 317 g/mol. The zero-order valence-electron chi connectivity index (χ0n) is 11.5. The molecule has 2 rings (SSSR count). The second kappa shape index (κ2) is 6.88. The molecule has 19 heavy (non-hydrogen) atoms. The fourth-order valence-corrected chi connectivity index (χ4v) is 2.59. The van der Waals surface area contributed by atoms with Gasteiger partial charge in [-0.05, 0) is 36.6 Å². The van der Waals surface area contributed by atoms with Crippen molar-refractivity contribution >= 4 is 15.9 Å². The summed E-state index contributed by atoms with van der Waals surface area (Å²) in [7, 11) is 0. The molecule has 0 radical (unpaired) electrons. The van der Waals surface area contributed by atoms with Crippen LogP contribution < -0.4 is 5.32 Å². The lowest BCUT2D eigenvalue weighted by Gasteiger charge is -2.18. The SMILES string of the molecule is CCC(NCc1ccc(C)cc1)c1cccc(Br)c1. The van der Waals surface area contributed by atoms with Crippen LogP contribution >= 0.6 is 15.9 Å². The van der Waals surface area contributed by atoms with Crippen molar-refractivity contribution < 1.29 is 0 Å². The molecule has 0 aliphatic carbocycles. The Morgan fingerprint density at radius 3 is 2.47 bits per heavy atom. The van der Waals surface area contributed by atoms with Gasteiger partial charge in [-0.15, -0.1) is 0 Å². The summed E-state index contributed by atoms with van der Waals surface area (Å²) in [6.45, 7) is 5.24. The van der Waals surface area contributed by atoms with Crippen LogP contribution in [0.4, 0.5) is 0 Å². The molecule has 0 saturated heterocycles. The van der Waals surface area contributed by atoms with E-state index in [0.29, 0.717) is 6.04 Å². The van der Waals surface area contributed by atoms with E-state index in [9.17, 15) is 0 Å². The van der Waals surface area contributed by atoms with Crippen molar-refractivity contribution in [2.45, 2.75) is 32.9 Å². The Labute approximate surface area is 124 Å². The van der Waals surface area contributed by atoms with E-state index in [2.05, 4.69) is 83.6 Å². The minimum atomic E-state index is 0.402. The molecule has 0 aliphatic rings. The number of hydrogen-bond acceptors (Lipinski definition) is 1. The highest BCUT2D eigenvalue weighted by Crippen LogP contribution is 2.21. The maximum absolute atomic E-state index is 3.63. The summed E-state index contributed by atoms with van der Waals surface area (Å²) < 4.78 is 1.14. The molecule has 100 valence electrons. The molecule has 0 spiro atoms. The molecular weight excluding hydrogens is 298 g/mol. The average Bonchev–Trinajstić information content (AvgIpc) is 2.42. The Balaban J connectivity index is 2.01. The van der Waals surface area contributed by atoms with Gasteiger partial charge in [0.25, 0.3) is 0 Å². The van der Waals surface area contributed by atoms with E-state index in [1.165, 1.54) is 16.7 Å². The third-order valence-corrected chi connectivity index (χ3v) is 3.83. The molecule has 0 fully saturated rings. The molecule has 2 aromatic carbocycles. The Morgan fingerprint density at radius 2 is 1.84 bits per heavy atom. The quantitative estimate of drug-likeness (QED) is 0.818. The van der Waals surface area contributed by atoms with E-state index in [0.717, 1.165) is 17.4 Å². The van der Waals surface area contributed by atoms with Crippen LogP contribution in [0.25, 0.3) is 0 Å². The van der Waals surface area contributed by atoms with Crippen molar-refractivity contribution in [2.24, 2.45) is 0 Å². The lowest BCUT2D eigenvalue weighted by Crippen LogP contribution is -2.20. The second-order valence-electron chi connectivity index (χ2n) is 4.88. The number of aryl methyl sites for hydroxylation is 1. The maximum Gasteiger partial charge on any atom is 0.0321 e. The first-order chi connectivity index (χ1) is 9.19. The summed E-state index contributed by atoms with van der Waals surface area (Å²) in [5.74, 6) is 0. The summed E-state index contributed by atoms with van der Waals surface area (Å²) in [6.07, 6.45) is 1.09. The first kappa shape index (κ1) is 14.3. The van der Waals surface area contributed by atoms with Crippen molar-refractivity contribution in [1.82, 2.24) is 5.32 Å². The predicted molar refractivity (Wildman–Crippen MR) is 85.2 cm³/mol. The second-order valence-corrected chi connectivity index (χ2v) is 5.80. The smallest absolute Gasteiger partial charge is 0.0321 e. The van der Waals surface area contributed by atoms with Crippen LogP contribution in [-0.4, -0.2) is 0 Å². The molecular formula is C17H20BrN.